The first-order valence-electron chi connectivity index (χ1n) is 6.88. The molecule has 1 aromatic rings. The maximum Gasteiger partial charge on any atom is 0.321 e. The van der Waals surface area contributed by atoms with Gasteiger partial charge in [-0.1, -0.05) is 6.07 Å². The van der Waals surface area contributed by atoms with E-state index < -0.39 is 22.0 Å². The van der Waals surface area contributed by atoms with Crippen molar-refractivity contribution in [2.45, 2.75) is 37.6 Å². The third-order valence-corrected chi connectivity index (χ3v) is 5.11. The Morgan fingerprint density at radius 1 is 1.36 bits per heavy atom. The van der Waals surface area contributed by atoms with E-state index in [1.165, 1.54) is 26.0 Å². The molecule has 1 atom stereocenters. The van der Waals surface area contributed by atoms with Gasteiger partial charge in [-0.2, -0.15) is 4.72 Å². The molecule has 0 saturated heterocycles. The second-order valence-corrected chi connectivity index (χ2v) is 6.96. The van der Waals surface area contributed by atoms with Crippen LogP contribution in [0.5, 0.6) is 0 Å². The summed E-state index contributed by atoms with van der Waals surface area (Å²) in [5.74, 6) is -1.41. The smallest absolute Gasteiger partial charge is 0.321 e. The Labute approximate surface area is 129 Å². The van der Waals surface area contributed by atoms with E-state index in [-0.39, 0.29) is 10.8 Å². The number of benzene rings is 1. The lowest BCUT2D eigenvalue weighted by Crippen LogP contribution is -2.38. The van der Waals surface area contributed by atoms with Crippen LogP contribution in [-0.4, -0.2) is 38.0 Å². The molecule has 0 radical (unpaired) electrons. The number of sulfonamides is 1. The Hall–Kier alpha value is -1.93. The van der Waals surface area contributed by atoms with Crippen molar-refractivity contribution in [2.24, 2.45) is 0 Å². The Morgan fingerprint density at radius 2 is 2.05 bits per heavy atom. The number of hydrogen-bond acceptors (Lipinski definition) is 4. The summed E-state index contributed by atoms with van der Waals surface area (Å²) >= 11 is 0. The number of aliphatic carboxylic acids is 1. The fourth-order valence-electron chi connectivity index (χ4n) is 2.40. The normalized spacial score (nSPS) is 16.0. The lowest BCUT2D eigenvalue weighted by molar-refractivity contribution is -0.138. The molecule has 8 heteroatoms. The fourth-order valence-corrected chi connectivity index (χ4v) is 3.62. The van der Waals surface area contributed by atoms with Gasteiger partial charge in [0.2, 0.25) is 15.9 Å². The number of carbonyl (C=O) groups excluding carboxylic acids is 1. The maximum atomic E-state index is 12.2. The first kappa shape index (κ1) is 16.4. The summed E-state index contributed by atoms with van der Waals surface area (Å²) in [4.78, 5) is 24.0. The molecule has 120 valence electrons. The van der Waals surface area contributed by atoms with Crippen LogP contribution in [0.25, 0.3) is 0 Å². The maximum absolute atomic E-state index is 12.2. The van der Waals surface area contributed by atoms with Crippen LogP contribution in [0.1, 0.15) is 25.8 Å². The van der Waals surface area contributed by atoms with Crippen molar-refractivity contribution in [1.29, 1.82) is 0 Å². The summed E-state index contributed by atoms with van der Waals surface area (Å²) in [6.45, 7) is 3.23. The van der Waals surface area contributed by atoms with Crippen molar-refractivity contribution >= 4 is 27.6 Å². The number of carboxylic acids is 1. The van der Waals surface area contributed by atoms with Crippen molar-refractivity contribution in [3.63, 3.8) is 0 Å². The number of carbonyl (C=O) groups is 2. The van der Waals surface area contributed by atoms with Gasteiger partial charge >= 0.3 is 5.97 Å². The van der Waals surface area contributed by atoms with Crippen molar-refractivity contribution in [3.05, 3.63) is 23.8 Å². The second kappa shape index (κ2) is 6.05. The SMILES string of the molecule is CC(=O)N1CCCc2ccc(S(=O)(=O)N[C@@H](C)C(=O)O)cc21. The van der Waals surface area contributed by atoms with Gasteiger partial charge in [0.05, 0.1) is 4.90 Å². The van der Waals surface area contributed by atoms with E-state index in [0.717, 1.165) is 18.4 Å². The van der Waals surface area contributed by atoms with Gasteiger partial charge in [-0.05, 0) is 37.5 Å². The standard InChI is InChI=1S/C14H18N2O5S/c1-9(14(18)19)15-22(20,21)12-6-5-11-4-3-7-16(10(2)17)13(11)8-12/h5-6,8-9,15H,3-4,7H2,1-2H3,(H,18,19)/t9-/m0/s1. The molecule has 2 N–H and O–H groups in total. The van der Waals surface area contributed by atoms with Crippen molar-refractivity contribution in [3.8, 4) is 0 Å². The monoisotopic (exact) mass is 326 g/mol. The van der Waals surface area contributed by atoms with Gasteiger partial charge in [0.15, 0.2) is 0 Å². The molecule has 0 aromatic heterocycles. The third kappa shape index (κ3) is 3.28. The number of nitrogens with one attached hydrogen (secondary N) is 1. The zero-order chi connectivity index (χ0) is 16.5. The van der Waals surface area contributed by atoms with E-state index >= 15 is 0 Å². The molecule has 1 aromatic carbocycles. The van der Waals surface area contributed by atoms with Crippen LogP contribution >= 0.6 is 0 Å². The molecule has 22 heavy (non-hydrogen) atoms. The number of fused-ring (bicyclic) bond motifs is 1. The molecule has 1 aliphatic rings. The zero-order valence-electron chi connectivity index (χ0n) is 12.4. The molecule has 0 aliphatic carbocycles. The number of amides is 1. The molecule has 0 unspecified atom stereocenters. The fraction of sp³-hybridized carbons (Fsp3) is 0.429. The Morgan fingerprint density at radius 3 is 2.64 bits per heavy atom. The average Bonchev–Trinajstić information content (AvgIpc) is 2.45. The first-order valence-corrected chi connectivity index (χ1v) is 8.37. The van der Waals surface area contributed by atoms with Crippen molar-refractivity contribution in [2.75, 3.05) is 11.4 Å². The van der Waals surface area contributed by atoms with Gasteiger partial charge in [0, 0.05) is 19.2 Å². The topological polar surface area (TPSA) is 104 Å². The van der Waals surface area contributed by atoms with E-state index in [1.807, 2.05) is 0 Å². The average molecular weight is 326 g/mol. The number of anilines is 1. The first-order chi connectivity index (χ1) is 10.2. The van der Waals surface area contributed by atoms with Crippen LogP contribution in [0.2, 0.25) is 0 Å². The third-order valence-electron chi connectivity index (χ3n) is 3.57. The van der Waals surface area contributed by atoms with E-state index in [2.05, 4.69) is 4.72 Å². The molecule has 7 nitrogen and oxygen atoms in total. The Kier molecular flexibility index (Phi) is 4.52. The molecule has 1 heterocycles. The van der Waals surface area contributed by atoms with E-state index in [4.69, 9.17) is 5.11 Å². The molecule has 1 amide bonds. The van der Waals surface area contributed by atoms with Gasteiger partial charge in [-0.15, -0.1) is 0 Å². The van der Waals surface area contributed by atoms with Gasteiger partial charge in [0.25, 0.3) is 0 Å². The van der Waals surface area contributed by atoms with Gasteiger partial charge in [0.1, 0.15) is 6.04 Å². The predicted octanol–water partition coefficient (Wildman–Crippen LogP) is 0.737. The highest BCUT2D eigenvalue weighted by Gasteiger charge is 2.25. The van der Waals surface area contributed by atoms with Crippen LogP contribution in [0.15, 0.2) is 23.1 Å². The molecular formula is C14H18N2O5S. The van der Waals surface area contributed by atoms with E-state index in [1.54, 1.807) is 11.0 Å². The highest BCUT2D eigenvalue weighted by molar-refractivity contribution is 7.89. The molecule has 2 rings (SSSR count). The summed E-state index contributed by atoms with van der Waals surface area (Å²) in [5, 5.41) is 8.82. The van der Waals surface area contributed by atoms with Gasteiger partial charge < -0.3 is 10.0 Å². The van der Waals surface area contributed by atoms with E-state index in [9.17, 15) is 18.0 Å². The van der Waals surface area contributed by atoms with Crippen molar-refractivity contribution < 1.29 is 23.1 Å². The number of carboxylic acid groups (broad SMARTS) is 1. The lowest BCUT2D eigenvalue weighted by Gasteiger charge is -2.29. The summed E-state index contributed by atoms with van der Waals surface area (Å²) in [7, 11) is -3.96. The molecule has 0 spiro atoms. The van der Waals surface area contributed by atoms with Gasteiger partial charge in [-0.3, -0.25) is 9.59 Å². The van der Waals surface area contributed by atoms with Crippen LogP contribution in [0.3, 0.4) is 0 Å². The minimum Gasteiger partial charge on any atom is -0.480 e. The molecule has 0 saturated carbocycles. The minimum absolute atomic E-state index is 0.0486. The number of hydrogen-bond donors (Lipinski definition) is 2. The predicted molar refractivity (Wildman–Crippen MR) is 80.2 cm³/mol. The van der Waals surface area contributed by atoms with Crippen LogP contribution < -0.4 is 9.62 Å². The minimum atomic E-state index is -3.96. The Balaban J connectivity index is 2.40. The largest absolute Gasteiger partial charge is 0.480 e. The highest BCUT2D eigenvalue weighted by Crippen LogP contribution is 2.29. The molecule has 0 fully saturated rings. The second-order valence-electron chi connectivity index (χ2n) is 5.25. The zero-order valence-corrected chi connectivity index (χ0v) is 13.2. The molecule has 0 bridgehead atoms. The summed E-state index contributed by atoms with van der Waals surface area (Å²) in [5.41, 5.74) is 1.48. The Bertz CT molecular complexity index is 714. The number of rotatable bonds is 4. The van der Waals surface area contributed by atoms with Crippen molar-refractivity contribution in [1.82, 2.24) is 4.72 Å². The van der Waals surface area contributed by atoms with Gasteiger partial charge in [-0.25, -0.2) is 8.42 Å². The summed E-state index contributed by atoms with van der Waals surface area (Å²) in [6.07, 6.45) is 1.60. The van der Waals surface area contributed by atoms with E-state index in [0.29, 0.717) is 12.2 Å². The quantitative estimate of drug-likeness (QED) is 0.849. The summed E-state index contributed by atoms with van der Waals surface area (Å²) < 4.78 is 26.6. The van der Waals surface area contributed by atoms with Crippen LogP contribution in [0.4, 0.5) is 5.69 Å². The number of aryl methyl sites for hydroxylation is 1. The van der Waals surface area contributed by atoms with Crippen LogP contribution in [-0.2, 0) is 26.0 Å². The summed E-state index contributed by atoms with van der Waals surface area (Å²) in [6, 6.07) is 3.29. The number of nitrogens with zero attached hydrogens (tertiary/aromatic N) is 1. The molecule has 1 aliphatic heterocycles. The van der Waals surface area contributed by atoms with Crippen LogP contribution in [0, 0.1) is 0 Å². The lowest BCUT2D eigenvalue weighted by atomic mass is 10.0. The highest BCUT2D eigenvalue weighted by atomic mass is 32.2. The molecular weight excluding hydrogens is 308 g/mol.